The Balaban J connectivity index is 1.85. The SMILES string of the molecule is CC(=O)N1CC(CCc2ccccc2)OCC1C. The summed E-state index contributed by atoms with van der Waals surface area (Å²) in [5.41, 5.74) is 1.33. The molecule has 3 nitrogen and oxygen atoms in total. The van der Waals surface area contributed by atoms with E-state index in [1.807, 2.05) is 17.9 Å². The fourth-order valence-electron chi connectivity index (χ4n) is 2.40. The molecule has 2 atom stereocenters. The Kier molecular flexibility index (Phi) is 4.37. The van der Waals surface area contributed by atoms with Crippen molar-refractivity contribution in [3.05, 3.63) is 35.9 Å². The van der Waals surface area contributed by atoms with E-state index in [0.717, 1.165) is 19.4 Å². The summed E-state index contributed by atoms with van der Waals surface area (Å²) in [6, 6.07) is 10.6. The number of benzene rings is 1. The van der Waals surface area contributed by atoms with Crippen LogP contribution in [-0.4, -0.2) is 36.1 Å². The van der Waals surface area contributed by atoms with Crippen LogP contribution in [0.25, 0.3) is 0 Å². The van der Waals surface area contributed by atoms with Crippen molar-refractivity contribution in [2.24, 2.45) is 0 Å². The maximum atomic E-state index is 11.5. The molecule has 1 aromatic rings. The highest BCUT2D eigenvalue weighted by atomic mass is 16.5. The third kappa shape index (κ3) is 3.33. The van der Waals surface area contributed by atoms with Crippen molar-refractivity contribution in [1.29, 1.82) is 0 Å². The van der Waals surface area contributed by atoms with E-state index in [9.17, 15) is 4.79 Å². The van der Waals surface area contributed by atoms with Crippen LogP contribution in [0.5, 0.6) is 0 Å². The number of hydrogen-bond donors (Lipinski definition) is 0. The van der Waals surface area contributed by atoms with Crippen LogP contribution in [0.15, 0.2) is 30.3 Å². The molecular formula is C15H21NO2. The van der Waals surface area contributed by atoms with Gasteiger partial charge in [0.15, 0.2) is 0 Å². The molecule has 0 saturated carbocycles. The van der Waals surface area contributed by atoms with Gasteiger partial charge in [-0.3, -0.25) is 4.79 Å². The van der Waals surface area contributed by atoms with Crippen LogP contribution >= 0.6 is 0 Å². The molecule has 0 aromatic heterocycles. The second-order valence-corrected chi connectivity index (χ2v) is 5.00. The van der Waals surface area contributed by atoms with Crippen molar-refractivity contribution >= 4 is 5.91 Å². The first kappa shape index (κ1) is 13.1. The van der Waals surface area contributed by atoms with E-state index in [2.05, 4.69) is 24.3 Å². The third-order valence-electron chi connectivity index (χ3n) is 3.51. The zero-order valence-electron chi connectivity index (χ0n) is 11.1. The first-order chi connectivity index (χ1) is 8.66. The third-order valence-corrected chi connectivity index (χ3v) is 3.51. The van der Waals surface area contributed by atoms with Gasteiger partial charge in [-0.05, 0) is 25.3 Å². The summed E-state index contributed by atoms with van der Waals surface area (Å²) in [5.74, 6) is 0.149. The number of rotatable bonds is 3. The quantitative estimate of drug-likeness (QED) is 0.820. The van der Waals surface area contributed by atoms with Crippen LogP contribution in [0.4, 0.5) is 0 Å². The first-order valence-corrected chi connectivity index (χ1v) is 6.59. The van der Waals surface area contributed by atoms with Gasteiger partial charge in [0, 0.05) is 13.5 Å². The molecule has 1 amide bonds. The molecule has 0 bridgehead atoms. The van der Waals surface area contributed by atoms with Gasteiger partial charge >= 0.3 is 0 Å². The minimum Gasteiger partial charge on any atom is -0.374 e. The molecule has 0 radical (unpaired) electrons. The molecular weight excluding hydrogens is 226 g/mol. The van der Waals surface area contributed by atoms with Gasteiger partial charge in [0.25, 0.3) is 0 Å². The van der Waals surface area contributed by atoms with Crippen LogP contribution in [-0.2, 0) is 16.0 Å². The molecule has 0 aliphatic carbocycles. The highest BCUT2D eigenvalue weighted by molar-refractivity contribution is 5.73. The van der Waals surface area contributed by atoms with E-state index in [1.165, 1.54) is 5.56 Å². The zero-order chi connectivity index (χ0) is 13.0. The standard InChI is InChI=1S/C15H21NO2/c1-12-11-18-15(10-16(12)13(2)17)9-8-14-6-4-3-5-7-14/h3-7,12,15H,8-11H2,1-2H3. The Morgan fingerprint density at radius 3 is 2.78 bits per heavy atom. The fourth-order valence-corrected chi connectivity index (χ4v) is 2.40. The topological polar surface area (TPSA) is 29.5 Å². The van der Waals surface area contributed by atoms with Crippen LogP contribution in [0, 0.1) is 0 Å². The largest absolute Gasteiger partial charge is 0.374 e. The Morgan fingerprint density at radius 2 is 2.11 bits per heavy atom. The highest BCUT2D eigenvalue weighted by Gasteiger charge is 2.27. The Morgan fingerprint density at radius 1 is 1.39 bits per heavy atom. The lowest BCUT2D eigenvalue weighted by Gasteiger charge is -2.37. The van der Waals surface area contributed by atoms with Crippen molar-refractivity contribution < 1.29 is 9.53 Å². The van der Waals surface area contributed by atoms with Crippen molar-refractivity contribution in [2.45, 2.75) is 38.8 Å². The maximum Gasteiger partial charge on any atom is 0.219 e. The average Bonchev–Trinajstić information content (AvgIpc) is 2.38. The van der Waals surface area contributed by atoms with Crippen LogP contribution < -0.4 is 0 Å². The van der Waals surface area contributed by atoms with Crippen molar-refractivity contribution in [1.82, 2.24) is 4.90 Å². The number of nitrogens with zero attached hydrogens (tertiary/aromatic N) is 1. The van der Waals surface area contributed by atoms with Gasteiger partial charge in [0.1, 0.15) is 0 Å². The lowest BCUT2D eigenvalue weighted by atomic mass is 10.0. The number of aryl methyl sites for hydroxylation is 1. The molecule has 3 heteroatoms. The van der Waals surface area contributed by atoms with Gasteiger partial charge in [0.2, 0.25) is 5.91 Å². The molecule has 0 spiro atoms. The molecule has 1 saturated heterocycles. The van der Waals surface area contributed by atoms with Gasteiger partial charge in [-0.25, -0.2) is 0 Å². The maximum absolute atomic E-state index is 11.5. The number of carbonyl (C=O) groups excluding carboxylic acids is 1. The Labute approximate surface area is 109 Å². The van der Waals surface area contributed by atoms with Crippen LogP contribution in [0.2, 0.25) is 0 Å². The number of hydrogen-bond acceptors (Lipinski definition) is 2. The monoisotopic (exact) mass is 247 g/mol. The molecule has 1 heterocycles. The minimum absolute atomic E-state index is 0.149. The number of amides is 1. The van der Waals surface area contributed by atoms with Crippen molar-refractivity contribution in [3.8, 4) is 0 Å². The van der Waals surface area contributed by atoms with Crippen molar-refractivity contribution in [3.63, 3.8) is 0 Å². The smallest absolute Gasteiger partial charge is 0.219 e. The molecule has 1 aliphatic rings. The summed E-state index contributed by atoms with van der Waals surface area (Å²) < 4.78 is 5.80. The van der Waals surface area contributed by atoms with E-state index in [0.29, 0.717) is 6.61 Å². The van der Waals surface area contributed by atoms with Crippen LogP contribution in [0.3, 0.4) is 0 Å². The second-order valence-electron chi connectivity index (χ2n) is 5.00. The average molecular weight is 247 g/mol. The normalized spacial score (nSPS) is 24.0. The zero-order valence-corrected chi connectivity index (χ0v) is 11.1. The summed E-state index contributed by atoms with van der Waals surface area (Å²) in [6.45, 7) is 5.05. The molecule has 1 fully saturated rings. The summed E-state index contributed by atoms with van der Waals surface area (Å²) in [7, 11) is 0. The van der Waals surface area contributed by atoms with Gasteiger partial charge < -0.3 is 9.64 Å². The summed E-state index contributed by atoms with van der Waals surface area (Å²) >= 11 is 0. The number of carbonyl (C=O) groups is 1. The summed E-state index contributed by atoms with van der Waals surface area (Å²) in [4.78, 5) is 13.4. The lowest BCUT2D eigenvalue weighted by molar-refractivity contribution is -0.142. The van der Waals surface area contributed by atoms with Crippen molar-refractivity contribution in [2.75, 3.05) is 13.2 Å². The lowest BCUT2D eigenvalue weighted by Crippen LogP contribution is -2.50. The molecule has 2 rings (SSSR count). The minimum atomic E-state index is 0.149. The van der Waals surface area contributed by atoms with Gasteiger partial charge in [-0.1, -0.05) is 30.3 Å². The van der Waals surface area contributed by atoms with Gasteiger partial charge in [0.05, 0.1) is 18.8 Å². The molecule has 18 heavy (non-hydrogen) atoms. The predicted octanol–water partition coefficient (Wildman–Crippen LogP) is 2.26. The summed E-state index contributed by atoms with van der Waals surface area (Å²) in [5, 5.41) is 0. The van der Waals surface area contributed by atoms with E-state index in [-0.39, 0.29) is 18.1 Å². The Bertz CT molecular complexity index is 391. The fraction of sp³-hybridized carbons (Fsp3) is 0.533. The van der Waals surface area contributed by atoms with E-state index >= 15 is 0 Å². The molecule has 1 aliphatic heterocycles. The second kappa shape index (κ2) is 6.01. The highest BCUT2D eigenvalue weighted by Crippen LogP contribution is 2.16. The predicted molar refractivity (Wildman–Crippen MR) is 71.4 cm³/mol. The molecule has 2 unspecified atom stereocenters. The van der Waals surface area contributed by atoms with E-state index < -0.39 is 0 Å². The molecule has 98 valence electrons. The molecule has 0 N–H and O–H groups in total. The first-order valence-electron chi connectivity index (χ1n) is 6.59. The van der Waals surface area contributed by atoms with Gasteiger partial charge in [-0.2, -0.15) is 0 Å². The summed E-state index contributed by atoms with van der Waals surface area (Å²) in [6.07, 6.45) is 2.15. The Hall–Kier alpha value is -1.35. The number of ether oxygens (including phenoxy) is 1. The van der Waals surface area contributed by atoms with Crippen LogP contribution in [0.1, 0.15) is 25.8 Å². The van der Waals surface area contributed by atoms with Gasteiger partial charge in [-0.15, -0.1) is 0 Å². The van der Waals surface area contributed by atoms with E-state index in [1.54, 1.807) is 6.92 Å². The number of morpholine rings is 1. The van der Waals surface area contributed by atoms with E-state index in [4.69, 9.17) is 4.74 Å². The molecule has 1 aromatic carbocycles.